The first-order chi connectivity index (χ1) is 11.9. The topological polar surface area (TPSA) is 59.1 Å². The minimum Gasteiger partial charge on any atom is -0.497 e. The van der Waals surface area contributed by atoms with Crippen molar-refractivity contribution in [3.8, 4) is 5.75 Å². The second-order valence-corrected chi connectivity index (χ2v) is 7.23. The number of piperidine rings is 1. The zero-order valence-electron chi connectivity index (χ0n) is 15.2. The van der Waals surface area contributed by atoms with Gasteiger partial charge in [-0.25, -0.2) is 4.79 Å². The van der Waals surface area contributed by atoms with Crippen LogP contribution in [0.4, 0.5) is 0 Å². The molecule has 136 valence electrons. The molecule has 1 aromatic carbocycles. The van der Waals surface area contributed by atoms with Crippen LogP contribution in [0.1, 0.15) is 32.3 Å². The molecule has 6 nitrogen and oxygen atoms in total. The van der Waals surface area contributed by atoms with Gasteiger partial charge in [-0.05, 0) is 31.5 Å². The number of likely N-dealkylation sites (tertiary alicyclic amines) is 1. The molecule has 2 fully saturated rings. The van der Waals surface area contributed by atoms with Crippen LogP contribution in [0.5, 0.6) is 5.75 Å². The highest BCUT2D eigenvalue weighted by Crippen LogP contribution is 2.32. The highest BCUT2D eigenvalue weighted by Gasteiger charge is 2.47. The highest BCUT2D eigenvalue weighted by atomic mass is 16.6. The Morgan fingerprint density at radius 2 is 1.96 bits per heavy atom. The molecule has 0 bridgehead atoms. The van der Waals surface area contributed by atoms with E-state index in [1.165, 1.54) is 5.56 Å². The van der Waals surface area contributed by atoms with E-state index < -0.39 is 17.5 Å². The number of esters is 1. The van der Waals surface area contributed by atoms with Crippen molar-refractivity contribution in [2.75, 3.05) is 26.7 Å². The van der Waals surface area contributed by atoms with Gasteiger partial charge in [-0.3, -0.25) is 9.69 Å². The third kappa shape index (κ3) is 3.79. The van der Waals surface area contributed by atoms with Gasteiger partial charge in [-0.2, -0.15) is 0 Å². The Kier molecular flexibility index (Phi) is 4.99. The highest BCUT2D eigenvalue weighted by molar-refractivity contribution is 6.33. The second-order valence-electron chi connectivity index (χ2n) is 7.23. The van der Waals surface area contributed by atoms with E-state index in [4.69, 9.17) is 9.47 Å². The summed E-state index contributed by atoms with van der Waals surface area (Å²) in [5, 5.41) is 0. The number of benzene rings is 1. The maximum absolute atomic E-state index is 12.0. The van der Waals surface area contributed by atoms with Crippen LogP contribution in [0, 0.1) is 0 Å². The van der Waals surface area contributed by atoms with E-state index >= 15 is 0 Å². The quantitative estimate of drug-likeness (QED) is 0.615. The van der Waals surface area contributed by atoms with Crippen molar-refractivity contribution in [2.24, 2.45) is 0 Å². The summed E-state index contributed by atoms with van der Waals surface area (Å²) < 4.78 is 10.8. The molecule has 1 spiro atoms. The number of methoxy groups -OCH3 is 1. The lowest BCUT2D eigenvalue weighted by Gasteiger charge is -2.47. The molecule has 1 aromatic rings. The average Bonchev–Trinajstić information content (AvgIpc) is 2.60. The average molecular weight is 346 g/mol. The normalized spacial score (nSPS) is 20.9. The van der Waals surface area contributed by atoms with Crippen molar-refractivity contribution < 1.29 is 19.1 Å². The fourth-order valence-corrected chi connectivity index (χ4v) is 3.60. The number of hydrogen-bond acceptors (Lipinski definition) is 5. The zero-order chi connectivity index (χ0) is 18.0. The van der Waals surface area contributed by atoms with E-state index in [1.807, 2.05) is 32.0 Å². The molecule has 0 aliphatic carbocycles. The largest absolute Gasteiger partial charge is 0.497 e. The number of morpholine rings is 1. The third-order valence-electron chi connectivity index (χ3n) is 5.13. The first-order valence-corrected chi connectivity index (χ1v) is 8.82. The Labute approximate surface area is 148 Å². The van der Waals surface area contributed by atoms with Crippen LogP contribution in [0.2, 0.25) is 0 Å². The summed E-state index contributed by atoms with van der Waals surface area (Å²) in [7, 11) is 1.67. The number of hydrogen-bond donors (Lipinski definition) is 0. The standard InChI is InChI=1S/C19H26N2O4/c1-14(2)21-13-19(25-18(23)17(21)22)7-9-20(10-8-19)12-15-5-4-6-16(11-15)24-3/h4-6,11,14H,7-10,12-13H2,1-3H3. The van der Waals surface area contributed by atoms with Gasteiger partial charge in [-0.1, -0.05) is 12.1 Å². The number of ether oxygens (including phenoxy) is 2. The van der Waals surface area contributed by atoms with Crippen molar-refractivity contribution in [2.45, 2.75) is 44.9 Å². The molecule has 0 unspecified atom stereocenters. The van der Waals surface area contributed by atoms with Crippen LogP contribution in [-0.4, -0.2) is 60.1 Å². The van der Waals surface area contributed by atoms with Crippen molar-refractivity contribution in [1.29, 1.82) is 0 Å². The molecule has 2 aliphatic heterocycles. The summed E-state index contributed by atoms with van der Waals surface area (Å²) in [5.74, 6) is -0.362. The van der Waals surface area contributed by atoms with Crippen LogP contribution in [0.25, 0.3) is 0 Å². The molecule has 2 aliphatic rings. The first-order valence-electron chi connectivity index (χ1n) is 8.82. The van der Waals surface area contributed by atoms with E-state index in [-0.39, 0.29) is 6.04 Å². The molecule has 0 radical (unpaired) electrons. The van der Waals surface area contributed by atoms with Crippen LogP contribution >= 0.6 is 0 Å². The van der Waals surface area contributed by atoms with Crippen LogP contribution in [0.15, 0.2) is 24.3 Å². The van der Waals surface area contributed by atoms with E-state index in [2.05, 4.69) is 11.0 Å². The smallest absolute Gasteiger partial charge is 0.397 e. The van der Waals surface area contributed by atoms with Crippen molar-refractivity contribution >= 4 is 11.9 Å². The maximum atomic E-state index is 12.0. The Hall–Kier alpha value is -2.08. The van der Waals surface area contributed by atoms with E-state index in [0.29, 0.717) is 6.54 Å². The minimum absolute atomic E-state index is 0.00652. The maximum Gasteiger partial charge on any atom is 0.397 e. The van der Waals surface area contributed by atoms with Crippen molar-refractivity contribution in [1.82, 2.24) is 9.80 Å². The molecule has 6 heteroatoms. The Morgan fingerprint density at radius 3 is 2.60 bits per heavy atom. The number of carbonyl (C=O) groups is 2. The summed E-state index contributed by atoms with van der Waals surface area (Å²) >= 11 is 0. The Bertz CT molecular complexity index is 651. The second kappa shape index (κ2) is 7.04. The lowest BCUT2D eigenvalue weighted by molar-refractivity contribution is -0.191. The zero-order valence-corrected chi connectivity index (χ0v) is 15.2. The Morgan fingerprint density at radius 1 is 1.24 bits per heavy atom. The predicted octanol–water partition coefficient (Wildman–Crippen LogP) is 1.82. The molecule has 0 N–H and O–H groups in total. The Balaban J connectivity index is 1.62. The summed E-state index contributed by atoms with van der Waals surface area (Å²) in [6.45, 7) is 6.88. The molecule has 0 atom stereocenters. The molecule has 1 amide bonds. The number of carbonyl (C=O) groups excluding carboxylic acids is 2. The fraction of sp³-hybridized carbons (Fsp3) is 0.579. The van der Waals surface area contributed by atoms with Crippen LogP contribution < -0.4 is 4.74 Å². The predicted molar refractivity (Wildman–Crippen MR) is 93.2 cm³/mol. The SMILES string of the molecule is COc1cccc(CN2CCC3(CC2)CN(C(C)C)C(=O)C(=O)O3)c1. The minimum atomic E-state index is -0.707. The van der Waals surface area contributed by atoms with E-state index in [0.717, 1.165) is 38.2 Å². The lowest BCUT2D eigenvalue weighted by Crippen LogP contribution is -2.61. The molecule has 2 saturated heterocycles. The summed E-state index contributed by atoms with van der Waals surface area (Å²) in [6, 6.07) is 8.08. The van der Waals surface area contributed by atoms with Gasteiger partial charge in [0.15, 0.2) is 0 Å². The molecule has 3 rings (SSSR count). The van der Waals surface area contributed by atoms with Gasteiger partial charge in [0.25, 0.3) is 0 Å². The fourth-order valence-electron chi connectivity index (χ4n) is 3.60. The van der Waals surface area contributed by atoms with Gasteiger partial charge in [-0.15, -0.1) is 0 Å². The van der Waals surface area contributed by atoms with Crippen molar-refractivity contribution in [3.05, 3.63) is 29.8 Å². The van der Waals surface area contributed by atoms with Gasteiger partial charge in [0.05, 0.1) is 13.7 Å². The van der Waals surface area contributed by atoms with Crippen LogP contribution in [0.3, 0.4) is 0 Å². The lowest BCUT2D eigenvalue weighted by atomic mass is 9.88. The van der Waals surface area contributed by atoms with Crippen molar-refractivity contribution in [3.63, 3.8) is 0 Å². The molecule has 0 saturated carbocycles. The van der Waals surface area contributed by atoms with Gasteiger partial charge >= 0.3 is 11.9 Å². The van der Waals surface area contributed by atoms with E-state index in [1.54, 1.807) is 12.0 Å². The van der Waals surface area contributed by atoms with Gasteiger partial charge in [0.1, 0.15) is 11.4 Å². The summed E-state index contributed by atoms with van der Waals surface area (Å²) in [5.41, 5.74) is 0.676. The van der Waals surface area contributed by atoms with Gasteiger partial charge in [0, 0.05) is 38.5 Å². The monoisotopic (exact) mass is 346 g/mol. The molecular formula is C19H26N2O4. The molecule has 2 heterocycles. The van der Waals surface area contributed by atoms with Gasteiger partial charge in [0.2, 0.25) is 0 Å². The summed E-state index contributed by atoms with van der Waals surface area (Å²) in [6.07, 6.45) is 1.50. The number of amides is 1. The molecular weight excluding hydrogens is 320 g/mol. The van der Waals surface area contributed by atoms with Crippen LogP contribution in [-0.2, 0) is 20.9 Å². The van der Waals surface area contributed by atoms with Gasteiger partial charge < -0.3 is 14.4 Å². The summed E-state index contributed by atoms with van der Waals surface area (Å²) in [4.78, 5) is 28.0. The number of nitrogens with zero attached hydrogens (tertiary/aromatic N) is 2. The number of rotatable bonds is 4. The van der Waals surface area contributed by atoms with E-state index in [9.17, 15) is 9.59 Å². The molecule has 0 aromatic heterocycles. The first kappa shape index (κ1) is 17.7. The third-order valence-corrected chi connectivity index (χ3v) is 5.13. The molecule has 25 heavy (non-hydrogen) atoms.